The van der Waals surface area contributed by atoms with Crippen LogP contribution >= 0.6 is 0 Å². The summed E-state index contributed by atoms with van der Waals surface area (Å²) in [6.45, 7) is 12.5. The van der Waals surface area contributed by atoms with Crippen LogP contribution in [0.4, 0.5) is 0 Å². The van der Waals surface area contributed by atoms with Gasteiger partial charge >= 0.3 is 0 Å². The van der Waals surface area contributed by atoms with Gasteiger partial charge in [0.05, 0.1) is 0 Å². The SMILES string of the molecule is CC(C1CC2CC2C1(C)C)C1(C)CC1(C)CO. The minimum absolute atomic E-state index is 0.204. The number of fused-ring (bicyclic) bond motifs is 1. The van der Waals surface area contributed by atoms with E-state index >= 15 is 0 Å². The summed E-state index contributed by atoms with van der Waals surface area (Å²) in [6.07, 6.45) is 4.17. The summed E-state index contributed by atoms with van der Waals surface area (Å²) in [6, 6.07) is 0. The highest BCUT2D eigenvalue weighted by Crippen LogP contribution is 2.74. The third-order valence-electron chi connectivity index (χ3n) is 7.36. The molecular formula is C16H28O. The second-order valence-electron chi connectivity index (χ2n) is 8.37. The predicted molar refractivity (Wildman–Crippen MR) is 70.6 cm³/mol. The van der Waals surface area contributed by atoms with Crippen LogP contribution in [0.5, 0.6) is 0 Å². The van der Waals surface area contributed by atoms with Gasteiger partial charge in [-0.05, 0) is 59.2 Å². The van der Waals surface area contributed by atoms with Gasteiger partial charge in [0.2, 0.25) is 0 Å². The normalized spacial score (nSPS) is 56.5. The first-order chi connectivity index (χ1) is 7.76. The van der Waals surface area contributed by atoms with Crippen molar-refractivity contribution >= 4 is 0 Å². The molecule has 98 valence electrons. The van der Waals surface area contributed by atoms with Crippen molar-refractivity contribution in [3.8, 4) is 0 Å². The summed E-state index contributed by atoms with van der Waals surface area (Å²) in [5.74, 6) is 3.70. The fourth-order valence-electron chi connectivity index (χ4n) is 5.33. The molecule has 0 aromatic heterocycles. The quantitative estimate of drug-likeness (QED) is 0.792. The fraction of sp³-hybridized carbons (Fsp3) is 1.00. The van der Waals surface area contributed by atoms with Gasteiger partial charge in [-0.15, -0.1) is 0 Å². The Balaban J connectivity index is 1.78. The first-order valence-electron chi connectivity index (χ1n) is 7.37. The molecule has 3 aliphatic carbocycles. The Hall–Kier alpha value is -0.0400. The first-order valence-corrected chi connectivity index (χ1v) is 7.37. The molecule has 3 fully saturated rings. The highest BCUT2D eigenvalue weighted by molar-refractivity contribution is 5.16. The van der Waals surface area contributed by atoms with Crippen molar-refractivity contribution in [3.63, 3.8) is 0 Å². The van der Waals surface area contributed by atoms with Gasteiger partial charge in [-0.25, -0.2) is 0 Å². The zero-order valence-corrected chi connectivity index (χ0v) is 12.1. The summed E-state index contributed by atoms with van der Waals surface area (Å²) in [4.78, 5) is 0. The van der Waals surface area contributed by atoms with Crippen LogP contribution in [0, 0.1) is 39.9 Å². The first kappa shape index (κ1) is 12.0. The molecule has 0 saturated heterocycles. The topological polar surface area (TPSA) is 20.2 Å². The smallest absolute Gasteiger partial charge is 0.0490 e. The Bertz CT molecular complexity index is 347. The maximum absolute atomic E-state index is 9.58. The summed E-state index contributed by atoms with van der Waals surface area (Å²) >= 11 is 0. The molecule has 3 saturated carbocycles. The number of hydrogen-bond donors (Lipinski definition) is 1. The molecule has 3 rings (SSSR count). The van der Waals surface area contributed by atoms with E-state index in [0.29, 0.717) is 17.4 Å². The van der Waals surface area contributed by atoms with Gasteiger partial charge in [0, 0.05) is 6.61 Å². The van der Waals surface area contributed by atoms with E-state index in [1.165, 1.54) is 19.3 Å². The molecule has 0 radical (unpaired) electrons. The summed E-state index contributed by atoms with van der Waals surface area (Å²) in [5, 5.41) is 9.58. The maximum atomic E-state index is 9.58. The monoisotopic (exact) mass is 236 g/mol. The molecule has 6 unspecified atom stereocenters. The molecule has 6 atom stereocenters. The zero-order chi connectivity index (χ0) is 12.6. The number of aliphatic hydroxyl groups excluding tert-OH is 1. The largest absolute Gasteiger partial charge is 0.396 e. The van der Waals surface area contributed by atoms with E-state index in [2.05, 4.69) is 34.6 Å². The predicted octanol–water partition coefficient (Wildman–Crippen LogP) is 3.71. The van der Waals surface area contributed by atoms with Gasteiger partial charge < -0.3 is 5.11 Å². The third-order valence-corrected chi connectivity index (χ3v) is 7.36. The molecule has 0 aromatic rings. The zero-order valence-electron chi connectivity index (χ0n) is 12.1. The maximum Gasteiger partial charge on any atom is 0.0490 e. The van der Waals surface area contributed by atoms with Crippen LogP contribution in [0.3, 0.4) is 0 Å². The lowest BCUT2D eigenvalue weighted by atomic mass is 9.66. The Morgan fingerprint density at radius 1 is 1.18 bits per heavy atom. The van der Waals surface area contributed by atoms with Crippen LogP contribution in [-0.4, -0.2) is 11.7 Å². The summed E-state index contributed by atoms with van der Waals surface area (Å²) < 4.78 is 0. The van der Waals surface area contributed by atoms with E-state index in [1.54, 1.807) is 0 Å². The highest BCUT2D eigenvalue weighted by Gasteiger charge is 2.68. The standard InChI is InChI=1S/C16H28O/c1-10(16(5)8-15(16,4)9-17)12-6-11-7-13(11)14(12,2)3/h10-13,17H,6-9H2,1-5H3. The van der Waals surface area contributed by atoms with Crippen molar-refractivity contribution in [3.05, 3.63) is 0 Å². The van der Waals surface area contributed by atoms with E-state index in [1.807, 2.05) is 0 Å². The van der Waals surface area contributed by atoms with Gasteiger partial charge in [0.1, 0.15) is 0 Å². The van der Waals surface area contributed by atoms with Crippen molar-refractivity contribution in [2.75, 3.05) is 6.61 Å². The molecule has 0 aromatic carbocycles. The van der Waals surface area contributed by atoms with Crippen LogP contribution in [0.25, 0.3) is 0 Å². The Morgan fingerprint density at radius 2 is 1.82 bits per heavy atom. The molecule has 3 aliphatic rings. The van der Waals surface area contributed by atoms with E-state index in [9.17, 15) is 5.11 Å². The van der Waals surface area contributed by atoms with Gasteiger partial charge in [-0.1, -0.05) is 34.6 Å². The average Bonchev–Trinajstić information content (AvgIpc) is 3.10. The van der Waals surface area contributed by atoms with E-state index in [0.717, 1.165) is 23.7 Å². The van der Waals surface area contributed by atoms with E-state index in [4.69, 9.17) is 0 Å². The highest BCUT2D eigenvalue weighted by atomic mass is 16.3. The van der Waals surface area contributed by atoms with Gasteiger partial charge in [0.15, 0.2) is 0 Å². The minimum atomic E-state index is 0.204. The molecule has 0 spiro atoms. The van der Waals surface area contributed by atoms with Crippen molar-refractivity contribution < 1.29 is 5.11 Å². The molecule has 0 amide bonds. The molecule has 1 nitrogen and oxygen atoms in total. The van der Waals surface area contributed by atoms with E-state index < -0.39 is 0 Å². The van der Waals surface area contributed by atoms with Crippen molar-refractivity contribution in [2.45, 2.75) is 53.9 Å². The molecule has 1 N–H and O–H groups in total. The van der Waals surface area contributed by atoms with E-state index in [-0.39, 0.29) is 5.41 Å². The van der Waals surface area contributed by atoms with Crippen LogP contribution < -0.4 is 0 Å². The summed E-state index contributed by atoms with van der Waals surface area (Å²) in [5.41, 5.74) is 1.14. The van der Waals surface area contributed by atoms with Gasteiger partial charge in [-0.2, -0.15) is 0 Å². The van der Waals surface area contributed by atoms with Crippen LogP contribution in [0.1, 0.15) is 53.9 Å². The second-order valence-corrected chi connectivity index (χ2v) is 8.37. The van der Waals surface area contributed by atoms with Gasteiger partial charge in [-0.3, -0.25) is 0 Å². The Kier molecular flexibility index (Phi) is 2.19. The van der Waals surface area contributed by atoms with Crippen LogP contribution in [-0.2, 0) is 0 Å². The van der Waals surface area contributed by atoms with Crippen LogP contribution in [0.15, 0.2) is 0 Å². The molecule has 1 heteroatoms. The average molecular weight is 236 g/mol. The fourth-order valence-corrected chi connectivity index (χ4v) is 5.33. The molecule has 17 heavy (non-hydrogen) atoms. The lowest BCUT2D eigenvalue weighted by molar-refractivity contribution is 0.0743. The molecule has 0 heterocycles. The summed E-state index contributed by atoms with van der Waals surface area (Å²) in [7, 11) is 0. The molecule has 0 bridgehead atoms. The number of aliphatic hydroxyl groups is 1. The van der Waals surface area contributed by atoms with Gasteiger partial charge in [0.25, 0.3) is 0 Å². The van der Waals surface area contributed by atoms with Crippen molar-refractivity contribution in [2.24, 2.45) is 39.9 Å². The Labute approximate surface area is 106 Å². The third kappa shape index (κ3) is 1.35. The Morgan fingerprint density at radius 3 is 2.24 bits per heavy atom. The lowest BCUT2D eigenvalue weighted by Crippen LogP contribution is -2.34. The number of hydrogen-bond acceptors (Lipinski definition) is 1. The van der Waals surface area contributed by atoms with Crippen LogP contribution in [0.2, 0.25) is 0 Å². The molecule has 0 aliphatic heterocycles. The van der Waals surface area contributed by atoms with Crippen molar-refractivity contribution in [1.82, 2.24) is 0 Å². The lowest BCUT2D eigenvalue weighted by Gasteiger charge is -2.39. The van der Waals surface area contributed by atoms with Crippen molar-refractivity contribution in [1.29, 1.82) is 0 Å². The second kappa shape index (κ2) is 3.10. The molecular weight excluding hydrogens is 208 g/mol. The minimum Gasteiger partial charge on any atom is -0.396 e. The number of rotatable bonds is 3.